The van der Waals surface area contributed by atoms with Crippen molar-refractivity contribution in [2.75, 3.05) is 114 Å². The van der Waals surface area contributed by atoms with Gasteiger partial charge in [0.1, 0.15) is 89.7 Å². The number of nitrogens with one attached hydrogen (secondary N) is 1. The molecule has 460 valence electrons. The lowest BCUT2D eigenvalue weighted by Crippen LogP contribution is -2.59. The van der Waals surface area contributed by atoms with Gasteiger partial charge in [-0.2, -0.15) is 0 Å². The van der Waals surface area contributed by atoms with E-state index in [0.29, 0.717) is 47.4 Å². The highest BCUT2D eigenvalue weighted by atomic mass is 32.2. The number of piperidine rings is 3. The topological polar surface area (TPSA) is 265 Å². The molecule has 8 aromatic rings. The molecule has 4 saturated heterocycles. The molecule has 4 aliphatic heterocycles. The van der Waals surface area contributed by atoms with E-state index in [1.807, 2.05) is 41.3 Å². The van der Waals surface area contributed by atoms with E-state index in [9.17, 15) is 42.5 Å². The SMILES string of the molecule is CS(=O)(=O)CC1CCCN(c2ncnc3ccccc23)C1.CS(=O)(=O)NC1CN(c2ncnc3ccc(F)cc23)C1.Cc1cc2c(N3CCCC(CS(C)(=O)=O)C3)ncnc2cc1F.Cc1ccc2ncnc(N3CCCC(CS(C)(=O)=O)C3)c2c1. The van der Waals surface area contributed by atoms with Crippen LogP contribution in [0.25, 0.3) is 43.6 Å². The van der Waals surface area contributed by atoms with Crippen LogP contribution in [0, 0.1) is 43.2 Å². The second-order valence-electron chi connectivity index (χ2n) is 23.2. The molecule has 8 heterocycles. The van der Waals surface area contributed by atoms with Crippen molar-refractivity contribution in [1.29, 1.82) is 0 Å². The Kier molecular flexibility index (Phi) is 19.9. The molecule has 0 radical (unpaired) electrons. The number of rotatable bonds is 12. The zero-order chi connectivity index (χ0) is 61.6. The Bertz CT molecular complexity index is 4200. The number of hydrogen-bond donors (Lipinski definition) is 1. The predicted octanol–water partition coefficient (Wildman–Crippen LogP) is 6.94. The Morgan fingerprint density at radius 1 is 0.453 bits per heavy atom. The maximum atomic E-state index is 13.7. The van der Waals surface area contributed by atoms with Crippen LogP contribution < -0.4 is 24.3 Å². The van der Waals surface area contributed by atoms with Crippen molar-refractivity contribution in [2.45, 2.75) is 58.4 Å². The van der Waals surface area contributed by atoms with Gasteiger partial charge in [0, 0.05) is 98.7 Å². The summed E-state index contributed by atoms with van der Waals surface area (Å²) in [5.41, 5.74) is 4.82. The average molecular weight is 1260 g/mol. The first-order valence-corrected chi connectivity index (χ1v) is 36.5. The van der Waals surface area contributed by atoms with Crippen LogP contribution in [0.4, 0.5) is 32.1 Å². The zero-order valence-electron chi connectivity index (χ0n) is 49.1. The smallest absolute Gasteiger partial charge is 0.209 e. The molecule has 3 atom stereocenters. The number of hydrogen-bond acceptors (Lipinski definition) is 20. The minimum Gasteiger partial charge on any atom is -0.356 e. The Balaban J connectivity index is 0.000000137. The fraction of sp³-hybridized carbons (Fsp3) is 0.458. The molecule has 4 aromatic heterocycles. The first kappa shape index (κ1) is 63.6. The number of sulfonamides is 1. The molecule has 0 aliphatic carbocycles. The first-order valence-electron chi connectivity index (χ1n) is 28.4. The minimum absolute atomic E-state index is 0.102. The van der Waals surface area contributed by atoms with Gasteiger partial charge in [0.2, 0.25) is 10.0 Å². The molecule has 0 amide bonds. The van der Waals surface area contributed by atoms with Gasteiger partial charge in [0.05, 0.1) is 51.6 Å². The third-order valence-electron chi connectivity index (χ3n) is 15.4. The third-order valence-corrected chi connectivity index (χ3v) is 19.4. The van der Waals surface area contributed by atoms with Crippen molar-refractivity contribution >= 4 is 106 Å². The number of anilines is 4. The van der Waals surface area contributed by atoms with Crippen molar-refractivity contribution in [3.05, 3.63) is 121 Å². The highest BCUT2D eigenvalue weighted by molar-refractivity contribution is 7.91. The standard InChI is InChI=1S/C16H20FN3O2S.C16H21N3O2S.C15H19N3O2S.C12H13FN4O2S/c1-11-6-13-15(7-14(11)17)18-10-19-16(13)20-5-3-4-12(8-20)9-23(2,21)22;1-12-5-6-15-14(8-12)16(18-11-17-15)19-7-3-4-13(9-19)10-22(2,20)21;1-21(19,20)10-12-5-4-8-18(9-12)15-13-6-2-3-7-14(13)16-11-17-15;1-20(18,19)16-9-5-17(6-9)12-10-4-8(13)2-3-11(10)14-7-15-12/h6-7,10,12H,3-5,8-9H2,1-2H3;5-6,8,11,13H,3-4,7,9-10H2,1-2H3;2-3,6-7,11-12H,4-5,8-10H2,1H3;2-4,7,9,16H,5-6H2,1H3. The van der Waals surface area contributed by atoms with Crippen LogP contribution in [0.3, 0.4) is 0 Å². The summed E-state index contributed by atoms with van der Waals surface area (Å²) in [7, 11) is -12.1. The maximum Gasteiger partial charge on any atom is 0.209 e. The molecular formula is C59H73F2N13O8S4. The molecule has 4 fully saturated rings. The van der Waals surface area contributed by atoms with Gasteiger partial charge >= 0.3 is 0 Å². The van der Waals surface area contributed by atoms with Gasteiger partial charge in [-0.1, -0.05) is 23.8 Å². The van der Waals surface area contributed by atoms with Crippen molar-refractivity contribution in [1.82, 2.24) is 44.6 Å². The van der Waals surface area contributed by atoms with E-state index in [-0.39, 0.29) is 52.7 Å². The number of aromatic nitrogens is 8. The largest absolute Gasteiger partial charge is 0.356 e. The highest BCUT2D eigenvalue weighted by Gasteiger charge is 2.32. The van der Waals surface area contributed by atoms with E-state index in [0.717, 1.165) is 122 Å². The lowest BCUT2D eigenvalue weighted by Gasteiger charge is -2.40. The van der Waals surface area contributed by atoms with Gasteiger partial charge in [-0.25, -0.2) is 87.0 Å². The summed E-state index contributed by atoms with van der Waals surface area (Å²) < 4.78 is 121. The molecule has 4 aliphatic rings. The summed E-state index contributed by atoms with van der Waals surface area (Å²) in [6, 6.07) is 21.5. The van der Waals surface area contributed by atoms with Gasteiger partial charge in [0.25, 0.3) is 0 Å². The van der Waals surface area contributed by atoms with Crippen LogP contribution in [-0.2, 0) is 39.5 Å². The first-order chi connectivity index (χ1) is 40.7. The normalized spacial score (nSPS) is 18.8. The zero-order valence-corrected chi connectivity index (χ0v) is 52.4. The van der Waals surface area contributed by atoms with Crippen molar-refractivity contribution in [3.8, 4) is 0 Å². The molecule has 86 heavy (non-hydrogen) atoms. The van der Waals surface area contributed by atoms with E-state index >= 15 is 0 Å². The average Bonchev–Trinajstić information content (AvgIpc) is 1.98. The van der Waals surface area contributed by atoms with Gasteiger partial charge in [0.15, 0.2) is 0 Å². The van der Waals surface area contributed by atoms with Crippen molar-refractivity contribution in [3.63, 3.8) is 0 Å². The Morgan fingerprint density at radius 3 is 1.34 bits per heavy atom. The molecule has 0 saturated carbocycles. The summed E-state index contributed by atoms with van der Waals surface area (Å²) in [5, 5.41) is 3.51. The van der Waals surface area contributed by atoms with Crippen LogP contribution in [0.1, 0.15) is 49.7 Å². The molecule has 4 aromatic carbocycles. The lowest BCUT2D eigenvalue weighted by molar-refractivity contribution is 0.443. The van der Waals surface area contributed by atoms with E-state index in [4.69, 9.17) is 0 Å². The number of nitrogens with zero attached hydrogens (tertiary/aromatic N) is 12. The number of halogens is 2. The van der Waals surface area contributed by atoms with Gasteiger partial charge < -0.3 is 19.6 Å². The molecule has 0 bridgehead atoms. The van der Waals surface area contributed by atoms with Gasteiger partial charge in [-0.15, -0.1) is 0 Å². The summed E-state index contributed by atoms with van der Waals surface area (Å²) in [6.07, 6.45) is 16.8. The second kappa shape index (κ2) is 27.0. The van der Waals surface area contributed by atoms with Crippen LogP contribution in [0.2, 0.25) is 0 Å². The van der Waals surface area contributed by atoms with Crippen LogP contribution in [0.5, 0.6) is 0 Å². The molecule has 12 rings (SSSR count). The number of sulfone groups is 3. The van der Waals surface area contributed by atoms with E-state index in [1.165, 1.54) is 55.2 Å². The van der Waals surface area contributed by atoms with Crippen LogP contribution in [0.15, 0.2) is 98.1 Å². The van der Waals surface area contributed by atoms with Crippen molar-refractivity contribution < 1.29 is 42.5 Å². The molecule has 1 N–H and O–H groups in total. The molecule has 27 heteroatoms. The number of benzene rings is 4. The predicted molar refractivity (Wildman–Crippen MR) is 335 cm³/mol. The number of para-hydroxylation sites is 1. The van der Waals surface area contributed by atoms with E-state index < -0.39 is 39.5 Å². The monoisotopic (exact) mass is 1260 g/mol. The van der Waals surface area contributed by atoms with Crippen LogP contribution >= 0.6 is 0 Å². The van der Waals surface area contributed by atoms with Gasteiger partial charge in [-0.05, 0) is 124 Å². The second-order valence-corrected chi connectivity index (χ2v) is 31.6. The fourth-order valence-corrected chi connectivity index (χ4v) is 16.0. The number of fused-ring (bicyclic) bond motifs is 4. The lowest BCUT2D eigenvalue weighted by atomic mass is 9.99. The highest BCUT2D eigenvalue weighted by Crippen LogP contribution is 2.33. The molecular weight excluding hydrogens is 1180 g/mol. The quantitative estimate of drug-likeness (QED) is 0.130. The summed E-state index contributed by atoms with van der Waals surface area (Å²) in [5.74, 6) is 3.77. The fourth-order valence-electron chi connectivity index (χ4n) is 11.8. The number of aryl methyl sites for hydroxylation is 2. The maximum absolute atomic E-state index is 13.7. The molecule has 3 unspecified atom stereocenters. The molecule has 0 spiro atoms. The molecule has 21 nitrogen and oxygen atoms in total. The summed E-state index contributed by atoms with van der Waals surface area (Å²) in [4.78, 5) is 42.7. The summed E-state index contributed by atoms with van der Waals surface area (Å²) in [6.45, 7) is 9.58. The van der Waals surface area contributed by atoms with Crippen molar-refractivity contribution in [2.24, 2.45) is 17.8 Å². The third kappa shape index (κ3) is 17.4. The minimum atomic E-state index is -3.21. The van der Waals surface area contributed by atoms with Crippen LogP contribution in [-0.4, -0.2) is 174 Å². The van der Waals surface area contributed by atoms with E-state index in [2.05, 4.69) is 72.3 Å². The summed E-state index contributed by atoms with van der Waals surface area (Å²) >= 11 is 0. The Morgan fingerprint density at radius 2 is 0.860 bits per heavy atom. The Labute approximate surface area is 501 Å². The Hall–Kier alpha value is -6.94. The van der Waals surface area contributed by atoms with Gasteiger partial charge in [-0.3, -0.25) is 0 Å². The van der Waals surface area contributed by atoms with E-state index in [1.54, 1.807) is 31.7 Å².